The van der Waals surface area contributed by atoms with Crippen LogP contribution in [0.15, 0.2) is 65.4 Å². The maximum atomic E-state index is 12.3. The lowest BCUT2D eigenvalue weighted by molar-refractivity contribution is 0.0944. The zero-order chi connectivity index (χ0) is 18.6. The summed E-state index contributed by atoms with van der Waals surface area (Å²) in [5.41, 5.74) is 3.09. The van der Waals surface area contributed by atoms with E-state index >= 15 is 0 Å². The van der Waals surface area contributed by atoms with Crippen molar-refractivity contribution >= 4 is 28.5 Å². The summed E-state index contributed by atoms with van der Waals surface area (Å²) in [6.45, 7) is 1.30. The number of benzene rings is 2. The van der Waals surface area contributed by atoms with Crippen LogP contribution in [0.2, 0.25) is 5.02 Å². The normalized spacial score (nSPS) is 11.0. The number of rotatable bonds is 6. The molecule has 0 aliphatic heterocycles. The first-order chi connectivity index (χ1) is 13.2. The predicted molar refractivity (Wildman–Crippen MR) is 104 cm³/mol. The van der Waals surface area contributed by atoms with Gasteiger partial charge < -0.3 is 14.4 Å². The van der Waals surface area contributed by atoms with Crippen molar-refractivity contribution < 1.29 is 9.32 Å². The van der Waals surface area contributed by atoms with Gasteiger partial charge in [-0.25, -0.2) is 4.98 Å². The molecule has 1 N–H and O–H groups in total. The Hall–Kier alpha value is -3.12. The van der Waals surface area contributed by atoms with Crippen LogP contribution in [0.3, 0.4) is 0 Å². The summed E-state index contributed by atoms with van der Waals surface area (Å²) in [5, 5.41) is 7.31. The maximum Gasteiger partial charge on any atom is 0.273 e. The molecule has 136 valence electrons. The van der Waals surface area contributed by atoms with Crippen molar-refractivity contribution in [3.05, 3.63) is 71.6 Å². The molecule has 0 radical (unpaired) electrons. The summed E-state index contributed by atoms with van der Waals surface area (Å²) in [6, 6.07) is 16.8. The zero-order valence-electron chi connectivity index (χ0n) is 14.4. The molecule has 0 saturated carbocycles. The first kappa shape index (κ1) is 17.3. The molecular weight excluding hydrogens is 364 g/mol. The van der Waals surface area contributed by atoms with Gasteiger partial charge in [0.1, 0.15) is 0 Å². The van der Waals surface area contributed by atoms with Gasteiger partial charge in [-0.15, -0.1) is 0 Å². The minimum absolute atomic E-state index is 0.248. The average molecular weight is 381 g/mol. The Balaban J connectivity index is 1.32. The number of para-hydroxylation sites is 2. The van der Waals surface area contributed by atoms with Gasteiger partial charge in [-0.2, -0.15) is 0 Å². The lowest BCUT2D eigenvalue weighted by Gasteiger charge is -2.05. The van der Waals surface area contributed by atoms with Crippen LogP contribution in [-0.2, 0) is 6.54 Å². The molecule has 2 aromatic carbocycles. The number of hydrogen-bond acceptors (Lipinski definition) is 4. The van der Waals surface area contributed by atoms with Gasteiger partial charge in [-0.1, -0.05) is 41.0 Å². The second-order valence-electron chi connectivity index (χ2n) is 6.12. The third-order valence-electron chi connectivity index (χ3n) is 4.24. The minimum Gasteiger partial charge on any atom is -0.355 e. The summed E-state index contributed by atoms with van der Waals surface area (Å²) < 4.78 is 7.34. The van der Waals surface area contributed by atoms with Gasteiger partial charge in [-0.3, -0.25) is 4.79 Å². The number of aryl methyl sites for hydroxylation is 1. The van der Waals surface area contributed by atoms with E-state index in [-0.39, 0.29) is 11.6 Å². The summed E-state index contributed by atoms with van der Waals surface area (Å²) in [6.07, 6.45) is 2.60. The summed E-state index contributed by atoms with van der Waals surface area (Å²) in [7, 11) is 0. The number of aromatic nitrogens is 3. The Kier molecular flexibility index (Phi) is 4.89. The van der Waals surface area contributed by atoms with Gasteiger partial charge in [0.2, 0.25) is 0 Å². The van der Waals surface area contributed by atoms with Gasteiger partial charge in [0.15, 0.2) is 11.5 Å². The molecule has 0 saturated heterocycles. The fourth-order valence-electron chi connectivity index (χ4n) is 2.89. The molecule has 0 atom stereocenters. The van der Waals surface area contributed by atoms with Crippen molar-refractivity contribution in [1.29, 1.82) is 0 Å². The van der Waals surface area contributed by atoms with Crippen molar-refractivity contribution in [2.24, 2.45) is 0 Å². The van der Waals surface area contributed by atoms with Crippen LogP contribution in [0.5, 0.6) is 0 Å². The SMILES string of the molecule is O=C(NCCCn1cnc2ccccc21)c1cc(-c2cccc(Cl)c2)on1. The summed E-state index contributed by atoms with van der Waals surface area (Å²) in [5.74, 6) is 0.245. The van der Waals surface area contributed by atoms with E-state index in [4.69, 9.17) is 16.1 Å². The number of imidazole rings is 1. The number of carbonyl (C=O) groups excluding carboxylic acids is 1. The molecule has 0 unspecified atom stereocenters. The van der Waals surface area contributed by atoms with Crippen molar-refractivity contribution in [3.63, 3.8) is 0 Å². The zero-order valence-corrected chi connectivity index (χ0v) is 15.2. The lowest BCUT2D eigenvalue weighted by Crippen LogP contribution is -2.25. The van der Waals surface area contributed by atoms with E-state index in [1.165, 1.54) is 0 Å². The highest BCUT2D eigenvalue weighted by atomic mass is 35.5. The number of carbonyl (C=O) groups is 1. The highest BCUT2D eigenvalue weighted by Gasteiger charge is 2.13. The van der Waals surface area contributed by atoms with Gasteiger partial charge in [0, 0.05) is 29.7 Å². The molecule has 6 nitrogen and oxygen atoms in total. The van der Waals surface area contributed by atoms with Crippen LogP contribution < -0.4 is 5.32 Å². The number of nitrogens with zero attached hydrogens (tertiary/aromatic N) is 3. The highest BCUT2D eigenvalue weighted by Crippen LogP contribution is 2.23. The van der Waals surface area contributed by atoms with Gasteiger partial charge in [0.05, 0.1) is 17.4 Å². The molecule has 7 heteroatoms. The molecule has 4 rings (SSSR count). The molecule has 27 heavy (non-hydrogen) atoms. The quantitative estimate of drug-likeness (QED) is 0.509. The fraction of sp³-hybridized carbons (Fsp3) is 0.150. The van der Waals surface area contributed by atoms with Gasteiger partial charge in [-0.05, 0) is 30.7 Å². The second-order valence-corrected chi connectivity index (χ2v) is 6.56. The molecule has 1 amide bonds. The topological polar surface area (TPSA) is 73.0 Å². The molecule has 4 aromatic rings. The van der Waals surface area contributed by atoms with E-state index in [0.29, 0.717) is 17.3 Å². The first-order valence-electron chi connectivity index (χ1n) is 8.61. The van der Waals surface area contributed by atoms with E-state index in [1.54, 1.807) is 18.2 Å². The number of amides is 1. The van der Waals surface area contributed by atoms with Crippen LogP contribution in [0.4, 0.5) is 0 Å². The third-order valence-corrected chi connectivity index (χ3v) is 4.48. The smallest absolute Gasteiger partial charge is 0.273 e. The van der Waals surface area contributed by atoms with Crippen molar-refractivity contribution in [3.8, 4) is 11.3 Å². The number of nitrogens with one attached hydrogen (secondary N) is 1. The van der Waals surface area contributed by atoms with Crippen molar-refractivity contribution in [1.82, 2.24) is 20.0 Å². The molecule has 0 bridgehead atoms. The van der Waals surface area contributed by atoms with E-state index in [1.807, 2.05) is 42.7 Å². The van der Waals surface area contributed by atoms with E-state index in [0.717, 1.165) is 29.6 Å². The van der Waals surface area contributed by atoms with Crippen LogP contribution in [0.1, 0.15) is 16.9 Å². The van der Waals surface area contributed by atoms with Crippen LogP contribution in [0.25, 0.3) is 22.4 Å². The lowest BCUT2D eigenvalue weighted by atomic mass is 10.1. The largest absolute Gasteiger partial charge is 0.355 e. The predicted octanol–water partition coefficient (Wildman–Crippen LogP) is 4.16. The van der Waals surface area contributed by atoms with Gasteiger partial charge in [0.25, 0.3) is 5.91 Å². The number of hydrogen-bond donors (Lipinski definition) is 1. The van der Waals surface area contributed by atoms with Crippen LogP contribution in [0, 0.1) is 0 Å². The minimum atomic E-state index is -0.262. The summed E-state index contributed by atoms with van der Waals surface area (Å²) in [4.78, 5) is 16.6. The molecule has 2 heterocycles. The highest BCUT2D eigenvalue weighted by molar-refractivity contribution is 6.30. The second kappa shape index (κ2) is 7.63. The Bertz CT molecular complexity index is 1090. The number of fused-ring (bicyclic) bond motifs is 1. The molecule has 0 aliphatic rings. The third kappa shape index (κ3) is 3.85. The monoisotopic (exact) mass is 380 g/mol. The molecule has 0 spiro atoms. The Morgan fingerprint density at radius 3 is 2.93 bits per heavy atom. The van der Waals surface area contributed by atoms with E-state index in [9.17, 15) is 4.79 Å². The maximum absolute atomic E-state index is 12.3. The molecule has 2 aromatic heterocycles. The van der Waals surface area contributed by atoms with Gasteiger partial charge >= 0.3 is 0 Å². The Morgan fingerprint density at radius 1 is 1.15 bits per heavy atom. The molecule has 0 aliphatic carbocycles. The average Bonchev–Trinajstić information content (AvgIpc) is 3.33. The Morgan fingerprint density at radius 2 is 2.04 bits per heavy atom. The van der Waals surface area contributed by atoms with Crippen LogP contribution in [-0.4, -0.2) is 27.2 Å². The van der Waals surface area contributed by atoms with E-state index in [2.05, 4.69) is 20.0 Å². The molecular formula is C20H17ClN4O2. The van der Waals surface area contributed by atoms with Crippen molar-refractivity contribution in [2.75, 3.05) is 6.54 Å². The van der Waals surface area contributed by atoms with E-state index < -0.39 is 0 Å². The van der Waals surface area contributed by atoms with Crippen LogP contribution >= 0.6 is 11.6 Å². The fourth-order valence-corrected chi connectivity index (χ4v) is 3.08. The number of halogens is 1. The van der Waals surface area contributed by atoms with Crippen molar-refractivity contribution in [2.45, 2.75) is 13.0 Å². The summed E-state index contributed by atoms with van der Waals surface area (Å²) >= 11 is 5.98. The standard InChI is InChI=1S/C20H17ClN4O2/c21-15-6-3-5-14(11-15)19-12-17(24-27-19)20(26)22-9-4-10-25-13-23-16-7-1-2-8-18(16)25/h1-3,5-8,11-13H,4,9-10H2,(H,22,26). The Labute approximate surface area is 160 Å². The molecule has 0 fully saturated rings. The first-order valence-corrected chi connectivity index (χ1v) is 8.99.